The minimum absolute atomic E-state index is 0.646. The first kappa shape index (κ1) is 15.7. The van der Waals surface area contributed by atoms with Gasteiger partial charge < -0.3 is 14.1 Å². The molecule has 4 heterocycles. The van der Waals surface area contributed by atoms with Crippen LogP contribution in [0.3, 0.4) is 0 Å². The highest BCUT2D eigenvalue weighted by Crippen LogP contribution is 2.23. The number of hydrogen-bond acceptors (Lipinski definition) is 4. The number of pyridine rings is 1. The van der Waals surface area contributed by atoms with E-state index in [4.69, 9.17) is 4.98 Å². The van der Waals surface area contributed by atoms with E-state index in [2.05, 4.69) is 48.1 Å². The average molecular weight is 357 g/mol. The summed E-state index contributed by atoms with van der Waals surface area (Å²) >= 11 is 0. The van der Waals surface area contributed by atoms with Crippen molar-refractivity contribution < 1.29 is 0 Å². The van der Waals surface area contributed by atoms with Crippen molar-refractivity contribution >= 4 is 22.2 Å². The molecule has 5 rings (SSSR count). The van der Waals surface area contributed by atoms with Gasteiger partial charge in [-0.15, -0.1) is 0 Å². The fraction of sp³-hybridized carbons (Fsp3) is 0.200. The van der Waals surface area contributed by atoms with Gasteiger partial charge in [0, 0.05) is 30.7 Å². The van der Waals surface area contributed by atoms with Gasteiger partial charge >= 0.3 is 0 Å². The lowest BCUT2D eigenvalue weighted by molar-refractivity contribution is 0.623. The fourth-order valence-electron chi connectivity index (χ4n) is 3.51. The van der Waals surface area contributed by atoms with Crippen molar-refractivity contribution in [3.8, 4) is 11.4 Å². The first-order chi connectivity index (χ1) is 13.3. The molecule has 134 valence electrons. The predicted molar refractivity (Wildman–Crippen MR) is 104 cm³/mol. The van der Waals surface area contributed by atoms with Gasteiger partial charge in [0.05, 0.1) is 23.9 Å². The lowest BCUT2D eigenvalue weighted by Crippen LogP contribution is -2.09. The van der Waals surface area contributed by atoms with Crippen LogP contribution in [0.15, 0.2) is 55.2 Å². The minimum atomic E-state index is 0.646. The van der Waals surface area contributed by atoms with Gasteiger partial charge in [-0.3, -0.25) is 0 Å². The number of H-pyrrole nitrogens is 1. The molecule has 4 aromatic heterocycles. The predicted octanol–water partition coefficient (Wildman–Crippen LogP) is 3.63. The molecule has 27 heavy (non-hydrogen) atoms. The molecule has 0 saturated carbocycles. The second-order valence-corrected chi connectivity index (χ2v) is 6.54. The zero-order valence-corrected chi connectivity index (χ0v) is 15.0. The van der Waals surface area contributed by atoms with E-state index >= 15 is 0 Å². The fourth-order valence-corrected chi connectivity index (χ4v) is 3.51. The number of benzene rings is 1. The molecule has 0 radical (unpaired) electrons. The Labute approximate surface area is 155 Å². The summed E-state index contributed by atoms with van der Waals surface area (Å²) in [7, 11) is 0. The monoisotopic (exact) mass is 357 g/mol. The zero-order chi connectivity index (χ0) is 18.2. The Morgan fingerprint density at radius 1 is 1.04 bits per heavy atom. The van der Waals surface area contributed by atoms with E-state index in [1.165, 1.54) is 0 Å². The van der Waals surface area contributed by atoms with Crippen LogP contribution in [0.4, 0.5) is 0 Å². The smallest absolute Gasteiger partial charge is 0.160 e. The van der Waals surface area contributed by atoms with E-state index in [9.17, 15) is 0 Å². The van der Waals surface area contributed by atoms with Gasteiger partial charge in [0.15, 0.2) is 5.65 Å². The number of aromatic nitrogens is 7. The van der Waals surface area contributed by atoms with Gasteiger partial charge in [0.1, 0.15) is 17.2 Å². The molecule has 5 aromatic rings. The van der Waals surface area contributed by atoms with E-state index in [0.717, 1.165) is 52.4 Å². The Morgan fingerprint density at radius 3 is 2.93 bits per heavy atom. The van der Waals surface area contributed by atoms with Crippen molar-refractivity contribution in [3.63, 3.8) is 0 Å². The Hall–Kier alpha value is -3.48. The van der Waals surface area contributed by atoms with Crippen LogP contribution in [0.25, 0.3) is 33.6 Å². The summed E-state index contributed by atoms with van der Waals surface area (Å²) in [5, 5.41) is 0. The highest BCUT2D eigenvalue weighted by Gasteiger charge is 2.14. The Balaban J connectivity index is 1.56. The van der Waals surface area contributed by atoms with E-state index < -0.39 is 0 Å². The summed E-state index contributed by atoms with van der Waals surface area (Å²) in [6.07, 6.45) is 8.39. The van der Waals surface area contributed by atoms with E-state index in [-0.39, 0.29) is 0 Å². The lowest BCUT2D eigenvalue weighted by atomic mass is 10.2. The number of aromatic amines is 1. The first-order valence-electron chi connectivity index (χ1n) is 9.08. The number of imidazole rings is 3. The number of fused-ring (bicyclic) bond motifs is 2. The quantitative estimate of drug-likeness (QED) is 0.521. The van der Waals surface area contributed by atoms with Gasteiger partial charge in [-0.05, 0) is 36.8 Å². The number of aryl methyl sites for hydroxylation is 1. The molecule has 0 bridgehead atoms. The van der Waals surface area contributed by atoms with Crippen LogP contribution in [0, 0.1) is 0 Å². The Kier molecular flexibility index (Phi) is 3.71. The summed E-state index contributed by atoms with van der Waals surface area (Å²) in [6.45, 7) is 3.71. The Morgan fingerprint density at radius 2 is 2.00 bits per heavy atom. The molecule has 0 aliphatic rings. The van der Waals surface area contributed by atoms with Gasteiger partial charge in [-0.25, -0.2) is 19.9 Å². The second-order valence-electron chi connectivity index (χ2n) is 6.54. The standard InChI is InChI=1S/C20H19N7/c1-2-9-27-18(25-16-4-3-7-21-20(16)27)12-26-10-8-22-19(26)14-5-6-15-17(11-14)24-13-23-15/h3-8,10-11,13H,2,9,12H2,1H3,(H,23,24). The number of nitrogens with zero attached hydrogens (tertiary/aromatic N) is 6. The second kappa shape index (κ2) is 6.35. The molecule has 1 N–H and O–H groups in total. The third-order valence-corrected chi connectivity index (χ3v) is 4.74. The molecule has 0 unspecified atom stereocenters. The Bertz CT molecular complexity index is 1230. The summed E-state index contributed by atoms with van der Waals surface area (Å²) in [4.78, 5) is 21.4. The van der Waals surface area contributed by atoms with Gasteiger partial charge in [-0.2, -0.15) is 0 Å². The molecule has 1 aromatic carbocycles. The topological polar surface area (TPSA) is 77.2 Å². The molecule has 0 aliphatic carbocycles. The number of rotatable bonds is 5. The molecule has 0 saturated heterocycles. The van der Waals surface area contributed by atoms with Gasteiger partial charge in [-0.1, -0.05) is 6.92 Å². The largest absolute Gasteiger partial charge is 0.345 e. The molecular formula is C20H19N7. The summed E-state index contributed by atoms with van der Waals surface area (Å²) in [5.41, 5.74) is 4.88. The maximum Gasteiger partial charge on any atom is 0.160 e. The SMILES string of the molecule is CCCn1c(Cn2ccnc2-c2ccc3nc[nH]c3c2)nc2cccnc21. The van der Waals surface area contributed by atoms with E-state index in [1.54, 1.807) is 6.33 Å². The van der Waals surface area contributed by atoms with Crippen molar-refractivity contribution in [2.45, 2.75) is 26.4 Å². The third-order valence-electron chi connectivity index (χ3n) is 4.74. The van der Waals surface area contributed by atoms with Gasteiger partial charge in [0.2, 0.25) is 0 Å². The van der Waals surface area contributed by atoms with Crippen molar-refractivity contribution in [2.75, 3.05) is 0 Å². The molecule has 7 nitrogen and oxygen atoms in total. The number of nitrogens with one attached hydrogen (secondary N) is 1. The van der Waals surface area contributed by atoms with Crippen LogP contribution in [0.5, 0.6) is 0 Å². The van der Waals surface area contributed by atoms with E-state index in [0.29, 0.717) is 6.54 Å². The first-order valence-corrected chi connectivity index (χ1v) is 9.08. The highest BCUT2D eigenvalue weighted by molar-refractivity contribution is 5.80. The molecule has 0 atom stereocenters. The van der Waals surface area contributed by atoms with Crippen molar-refractivity contribution in [3.05, 3.63) is 61.1 Å². The normalized spacial score (nSPS) is 11.6. The highest BCUT2D eigenvalue weighted by atomic mass is 15.2. The lowest BCUT2D eigenvalue weighted by Gasteiger charge is -2.10. The van der Waals surface area contributed by atoms with Gasteiger partial charge in [0.25, 0.3) is 0 Å². The maximum atomic E-state index is 4.82. The van der Waals surface area contributed by atoms with Crippen molar-refractivity contribution in [1.29, 1.82) is 0 Å². The molecular weight excluding hydrogens is 338 g/mol. The van der Waals surface area contributed by atoms with Crippen LogP contribution < -0.4 is 0 Å². The van der Waals surface area contributed by atoms with Crippen LogP contribution >= 0.6 is 0 Å². The maximum absolute atomic E-state index is 4.82. The van der Waals surface area contributed by atoms with Crippen LogP contribution in [-0.2, 0) is 13.1 Å². The third kappa shape index (κ3) is 2.68. The molecule has 0 aliphatic heterocycles. The minimum Gasteiger partial charge on any atom is -0.345 e. The number of hydrogen-bond donors (Lipinski definition) is 1. The molecule has 0 amide bonds. The van der Waals surface area contributed by atoms with Crippen molar-refractivity contribution in [1.82, 2.24) is 34.1 Å². The molecule has 0 spiro atoms. The van der Waals surface area contributed by atoms with Crippen LogP contribution in [0.1, 0.15) is 19.2 Å². The zero-order valence-electron chi connectivity index (χ0n) is 15.0. The summed E-state index contributed by atoms with van der Waals surface area (Å²) < 4.78 is 4.34. The van der Waals surface area contributed by atoms with Crippen LogP contribution in [-0.4, -0.2) is 34.1 Å². The summed E-state index contributed by atoms with van der Waals surface area (Å²) in [5.74, 6) is 1.90. The molecule has 0 fully saturated rings. The molecule has 7 heteroatoms. The average Bonchev–Trinajstić information content (AvgIpc) is 3.41. The van der Waals surface area contributed by atoms with Crippen molar-refractivity contribution in [2.24, 2.45) is 0 Å². The van der Waals surface area contributed by atoms with Crippen LogP contribution in [0.2, 0.25) is 0 Å². The van der Waals surface area contributed by atoms with E-state index in [1.807, 2.05) is 36.8 Å². The summed E-state index contributed by atoms with van der Waals surface area (Å²) in [6, 6.07) is 10.1.